The first-order chi connectivity index (χ1) is 6.99. The zero-order valence-electron chi connectivity index (χ0n) is 8.40. The molecule has 0 atom stereocenters. The zero-order chi connectivity index (χ0) is 11.8. The molecule has 7 heteroatoms. The predicted molar refractivity (Wildman–Crippen MR) is 54.6 cm³/mol. The van der Waals surface area contributed by atoms with Gasteiger partial charge in [-0.25, -0.2) is 4.79 Å². The van der Waals surface area contributed by atoms with Gasteiger partial charge in [-0.2, -0.15) is 0 Å². The Labute approximate surface area is 92.1 Å². The first kappa shape index (κ1) is 13.4. The van der Waals surface area contributed by atoms with E-state index in [2.05, 4.69) is 21.3 Å². The Morgan fingerprint density at radius 1 is 1.53 bits per heavy atom. The van der Waals surface area contributed by atoms with Crippen molar-refractivity contribution in [2.45, 2.75) is 0 Å². The maximum atomic E-state index is 11.1. The van der Waals surface area contributed by atoms with Gasteiger partial charge < -0.3 is 9.64 Å². The van der Waals surface area contributed by atoms with Gasteiger partial charge in [-0.3, -0.25) is 9.63 Å². The fourth-order valence-electron chi connectivity index (χ4n) is 0.454. The number of carbonyl (C=O) groups excluding carboxylic acids is 2. The quantitative estimate of drug-likeness (QED) is 0.239. The highest BCUT2D eigenvalue weighted by atomic mass is 35.5. The Morgan fingerprint density at radius 3 is 2.60 bits per heavy atom. The van der Waals surface area contributed by atoms with Crippen LogP contribution in [-0.2, 0) is 14.4 Å². The van der Waals surface area contributed by atoms with Crippen LogP contribution in [0.2, 0.25) is 0 Å². The Balaban J connectivity index is 4.10. The minimum atomic E-state index is -1.06. The predicted octanol–water partition coefficient (Wildman–Crippen LogP) is 0.966. The molecule has 1 amide bonds. The highest BCUT2D eigenvalue weighted by Crippen LogP contribution is 1.94. The molecule has 0 bridgehead atoms. The number of halogens is 1. The summed E-state index contributed by atoms with van der Waals surface area (Å²) >= 11 is 5.41. The van der Waals surface area contributed by atoms with E-state index in [-0.39, 0.29) is 6.61 Å². The molecule has 84 valence electrons. The lowest BCUT2D eigenvalue weighted by molar-refractivity contribution is -0.121. The second kappa shape index (κ2) is 6.83. The van der Waals surface area contributed by atoms with Gasteiger partial charge in [0.15, 0.2) is 0 Å². The lowest BCUT2D eigenvalue weighted by Gasteiger charge is -2.06. The molecule has 6 nitrogen and oxygen atoms in total. The van der Waals surface area contributed by atoms with Crippen LogP contribution in [0, 0.1) is 0 Å². The molecule has 0 saturated carbocycles. The summed E-state index contributed by atoms with van der Waals surface area (Å²) < 4.78 is 4.41. The first-order valence-electron chi connectivity index (χ1n) is 3.88. The molecular weight excluding hydrogens is 224 g/mol. The van der Waals surface area contributed by atoms with E-state index in [1.807, 2.05) is 0 Å². The summed E-state index contributed by atoms with van der Waals surface area (Å²) in [5.74, 6) is -0.576. The third kappa shape index (κ3) is 5.69. The molecule has 0 aliphatic rings. The zero-order valence-corrected chi connectivity index (χ0v) is 9.15. The van der Waals surface area contributed by atoms with Crippen LogP contribution in [0.15, 0.2) is 17.8 Å². The van der Waals surface area contributed by atoms with Crippen molar-refractivity contribution in [1.29, 1.82) is 0 Å². The Kier molecular flexibility index (Phi) is 6.12. The number of hydrogen-bond donors (Lipinski definition) is 0. The van der Waals surface area contributed by atoms with Crippen molar-refractivity contribution in [1.82, 2.24) is 4.90 Å². The number of hydrogen-bond acceptors (Lipinski definition) is 5. The topological polar surface area (TPSA) is 68.2 Å². The maximum absolute atomic E-state index is 11.1. The number of ether oxygens (including phenoxy) is 1. The average molecular weight is 235 g/mol. The summed E-state index contributed by atoms with van der Waals surface area (Å²) in [5.41, 5.74) is 0. The van der Waals surface area contributed by atoms with Crippen molar-refractivity contribution in [2.75, 3.05) is 20.7 Å². The standard InChI is InChI=1S/C8H11ClN2O4/c1-4-5-14-8(13)15-10-6(9)7(12)11(2)3/h4H,1,5H2,2-3H3/b10-6-. The summed E-state index contributed by atoms with van der Waals surface area (Å²) in [6.07, 6.45) is 0.303. The first-order valence-corrected chi connectivity index (χ1v) is 4.26. The van der Waals surface area contributed by atoms with Crippen molar-refractivity contribution in [3.8, 4) is 0 Å². The maximum Gasteiger partial charge on any atom is 0.535 e. The molecular formula is C8H11ClN2O4. The van der Waals surface area contributed by atoms with Gasteiger partial charge in [-0.05, 0) is 0 Å². The molecule has 0 N–H and O–H groups in total. The largest absolute Gasteiger partial charge is 0.535 e. The monoisotopic (exact) mass is 234 g/mol. The summed E-state index contributed by atoms with van der Waals surface area (Å²) in [7, 11) is 2.96. The fraction of sp³-hybridized carbons (Fsp3) is 0.375. The van der Waals surface area contributed by atoms with Gasteiger partial charge in [-0.1, -0.05) is 29.4 Å². The second-order valence-corrected chi connectivity index (χ2v) is 2.88. The number of oxime groups is 1. The number of rotatable bonds is 4. The highest BCUT2D eigenvalue weighted by Gasteiger charge is 2.12. The van der Waals surface area contributed by atoms with Gasteiger partial charge in [0.25, 0.3) is 5.91 Å². The third-order valence-electron chi connectivity index (χ3n) is 1.10. The minimum absolute atomic E-state index is 0.00635. The van der Waals surface area contributed by atoms with Crippen LogP contribution in [0.3, 0.4) is 0 Å². The van der Waals surface area contributed by atoms with Crippen LogP contribution in [0.25, 0.3) is 0 Å². The van der Waals surface area contributed by atoms with E-state index >= 15 is 0 Å². The SMILES string of the molecule is C=CCOC(=O)O/N=C(\Cl)C(=O)N(C)C. The lowest BCUT2D eigenvalue weighted by Crippen LogP contribution is -2.27. The molecule has 0 aromatic rings. The molecule has 15 heavy (non-hydrogen) atoms. The smallest absolute Gasteiger partial charge is 0.428 e. The van der Waals surface area contributed by atoms with Crippen molar-refractivity contribution in [3.05, 3.63) is 12.7 Å². The molecule has 0 spiro atoms. The number of amides is 1. The Morgan fingerprint density at radius 2 is 2.13 bits per heavy atom. The molecule has 0 rings (SSSR count). The fourth-order valence-corrected chi connectivity index (χ4v) is 0.658. The number of nitrogens with zero attached hydrogens (tertiary/aromatic N) is 2. The van der Waals surface area contributed by atoms with Gasteiger partial charge in [-0.15, -0.1) is 0 Å². The molecule has 0 saturated heterocycles. The van der Waals surface area contributed by atoms with Gasteiger partial charge in [0.05, 0.1) is 0 Å². The van der Waals surface area contributed by atoms with E-state index in [4.69, 9.17) is 11.6 Å². The van der Waals surface area contributed by atoms with E-state index in [1.165, 1.54) is 25.1 Å². The molecule has 0 fully saturated rings. The van der Waals surface area contributed by atoms with Gasteiger partial charge in [0, 0.05) is 14.1 Å². The van der Waals surface area contributed by atoms with E-state index in [0.29, 0.717) is 0 Å². The lowest BCUT2D eigenvalue weighted by atomic mass is 10.6. The third-order valence-corrected chi connectivity index (χ3v) is 1.33. The van der Waals surface area contributed by atoms with E-state index < -0.39 is 17.2 Å². The van der Waals surface area contributed by atoms with E-state index in [9.17, 15) is 9.59 Å². The molecule has 0 aliphatic heterocycles. The summed E-state index contributed by atoms with van der Waals surface area (Å²) in [6.45, 7) is 3.32. The normalized spacial score (nSPS) is 10.5. The van der Waals surface area contributed by atoms with Crippen molar-refractivity contribution >= 4 is 28.8 Å². The van der Waals surface area contributed by atoms with Gasteiger partial charge in [0.2, 0.25) is 5.17 Å². The van der Waals surface area contributed by atoms with Crippen molar-refractivity contribution in [2.24, 2.45) is 5.16 Å². The molecule has 0 aromatic heterocycles. The van der Waals surface area contributed by atoms with Crippen LogP contribution < -0.4 is 0 Å². The Hall–Kier alpha value is -1.56. The Bertz CT molecular complexity index is 288. The summed E-state index contributed by atoms with van der Waals surface area (Å²) in [4.78, 5) is 27.2. The summed E-state index contributed by atoms with van der Waals surface area (Å²) in [5, 5.41) is 2.62. The van der Waals surface area contributed by atoms with Gasteiger partial charge >= 0.3 is 6.16 Å². The number of carbonyl (C=O) groups is 2. The van der Waals surface area contributed by atoms with Crippen LogP contribution in [-0.4, -0.2) is 42.8 Å². The summed E-state index contributed by atoms with van der Waals surface area (Å²) in [6, 6.07) is 0. The minimum Gasteiger partial charge on any atom is -0.428 e. The van der Waals surface area contributed by atoms with Crippen LogP contribution in [0.1, 0.15) is 0 Å². The van der Waals surface area contributed by atoms with E-state index in [0.717, 1.165) is 0 Å². The molecule has 0 unspecified atom stereocenters. The van der Waals surface area contributed by atoms with Gasteiger partial charge in [0.1, 0.15) is 6.61 Å². The molecule has 0 radical (unpaired) electrons. The van der Waals surface area contributed by atoms with Crippen LogP contribution >= 0.6 is 11.6 Å². The van der Waals surface area contributed by atoms with Crippen molar-refractivity contribution in [3.63, 3.8) is 0 Å². The highest BCUT2D eigenvalue weighted by molar-refractivity contribution is 6.82. The molecule has 0 aliphatic carbocycles. The molecule has 0 heterocycles. The molecule has 0 aromatic carbocycles. The van der Waals surface area contributed by atoms with Crippen LogP contribution in [0.4, 0.5) is 4.79 Å². The van der Waals surface area contributed by atoms with E-state index in [1.54, 1.807) is 0 Å². The second-order valence-electron chi connectivity index (χ2n) is 2.52. The van der Waals surface area contributed by atoms with Crippen LogP contribution in [0.5, 0.6) is 0 Å². The average Bonchev–Trinajstić information content (AvgIpc) is 2.21. The van der Waals surface area contributed by atoms with Crippen molar-refractivity contribution < 1.29 is 19.2 Å².